The van der Waals surface area contributed by atoms with Crippen LogP contribution >= 0.6 is 0 Å². The number of amides is 1. The molecular weight excluding hydrogens is 328 g/mol. The fraction of sp³-hybridized carbons (Fsp3) is 0.750. The van der Waals surface area contributed by atoms with E-state index in [4.69, 9.17) is 4.74 Å². The molecule has 1 aromatic heterocycles. The smallest absolute Gasteiger partial charge is 0.223 e. The summed E-state index contributed by atoms with van der Waals surface area (Å²) in [6, 6.07) is 2.04. The number of nitrogens with zero attached hydrogens (tertiary/aromatic N) is 3. The van der Waals surface area contributed by atoms with Crippen molar-refractivity contribution in [2.45, 2.75) is 57.9 Å². The second-order valence-electron chi connectivity index (χ2n) is 8.23. The molecule has 0 spiro atoms. The van der Waals surface area contributed by atoms with E-state index in [9.17, 15) is 4.79 Å². The largest absolute Gasteiger partial charge is 0.381 e. The lowest BCUT2D eigenvalue weighted by atomic mass is 9.69. The SMILES string of the molecule is CCc1cc(C)nc(NC23CCC2CN(C(=O)CC2CCOCC2)C3)n1. The van der Waals surface area contributed by atoms with Crippen molar-refractivity contribution in [2.75, 3.05) is 31.6 Å². The first kappa shape index (κ1) is 17.7. The highest BCUT2D eigenvalue weighted by Crippen LogP contribution is 2.46. The molecule has 3 fully saturated rings. The van der Waals surface area contributed by atoms with Crippen LogP contribution in [-0.2, 0) is 16.0 Å². The van der Waals surface area contributed by atoms with E-state index in [2.05, 4.69) is 27.1 Å². The van der Waals surface area contributed by atoms with E-state index in [1.165, 1.54) is 6.42 Å². The highest BCUT2D eigenvalue weighted by Gasteiger charge is 2.54. The van der Waals surface area contributed by atoms with Crippen LogP contribution in [0.25, 0.3) is 0 Å². The Balaban J connectivity index is 1.41. The van der Waals surface area contributed by atoms with Gasteiger partial charge in [-0.3, -0.25) is 4.79 Å². The molecule has 6 heteroatoms. The van der Waals surface area contributed by atoms with Crippen LogP contribution in [0.1, 0.15) is 50.4 Å². The number of aromatic nitrogens is 2. The van der Waals surface area contributed by atoms with E-state index in [1.807, 2.05) is 13.0 Å². The molecule has 1 N–H and O–H groups in total. The zero-order valence-electron chi connectivity index (χ0n) is 16.0. The Hall–Kier alpha value is -1.69. The minimum absolute atomic E-state index is 0.0237. The van der Waals surface area contributed by atoms with Gasteiger partial charge in [-0.05, 0) is 51.0 Å². The number of ether oxygens (including phenoxy) is 1. The maximum Gasteiger partial charge on any atom is 0.223 e. The Labute approximate surface area is 155 Å². The van der Waals surface area contributed by atoms with E-state index in [0.29, 0.717) is 24.2 Å². The van der Waals surface area contributed by atoms with Crippen LogP contribution in [0.2, 0.25) is 0 Å². The lowest BCUT2D eigenvalue weighted by Crippen LogP contribution is -2.53. The van der Waals surface area contributed by atoms with Gasteiger partial charge >= 0.3 is 0 Å². The lowest BCUT2D eigenvalue weighted by Gasteiger charge is -2.44. The molecule has 4 rings (SSSR count). The van der Waals surface area contributed by atoms with Gasteiger partial charge in [-0.1, -0.05) is 6.92 Å². The second kappa shape index (κ2) is 7.14. The predicted octanol–water partition coefficient (Wildman–Crippen LogP) is 2.57. The van der Waals surface area contributed by atoms with Gasteiger partial charge in [-0.25, -0.2) is 9.97 Å². The summed E-state index contributed by atoms with van der Waals surface area (Å²) in [6.07, 6.45) is 5.89. The molecule has 1 aromatic rings. The topological polar surface area (TPSA) is 67.4 Å². The van der Waals surface area contributed by atoms with E-state index < -0.39 is 0 Å². The Morgan fingerprint density at radius 3 is 2.85 bits per heavy atom. The van der Waals surface area contributed by atoms with Gasteiger partial charge in [0, 0.05) is 50.0 Å². The molecule has 0 radical (unpaired) electrons. The van der Waals surface area contributed by atoms with Crippen molar-refractivity contribution in [1.29, 1.82) is 0 Å². The first-order valence-corrected chi connectivity index (χ1v) is 10.1. The summed E-state index contributed by atoms with van der Waals surface area (Å²) in [7, 11) is 0. The average molecular weight is 358 g/mol. The molecule has 1 aliphatic carbocycles. The molecular formula is C20H30N4O2. The number of hydrogen-bond donors (Lipinski definition) is 1. The number of hydrogen-bond acceptors (Lipinski definition) is 5. The van der Waals surface area contributed by atoms with Crippen LogP contribution in [-0.4, -0.2) is 52.6 Å². The monoisotopic (exact) mass is 358 g/mol. The summed E-state index contributed by atoms with van der Waals surface area (Å²) in [5.74, 6) is 2.05. The number of fused-ring (bicyclic) bond motifs is 1. The molecule has 2 unspecified atom stereocenters. The van der Waals surface area contributed by atoms with Gasteiger partial charge in [0.2, 0.25) is 11.9 Å². The summed E-state index contributed by atoms with van der Waals surface area (Å²) in [4.78, 5) is 24.1. The van der Waals surface area contributed by atoms with Crippen molar-refractivity contribution in [3.8, 4) is 0 Å². The van der Waals surface area contributed by atoms with E-state index >= 15 is 0 Å². The number of nitrogens with one attached hydrogen (secondary N) is 1. The minimum Gasteiger partial charge on any atom is -0.381 e. The molecule has 3 aliphatic rings. The quantitative estimate of drug-likeness (QED) is 0.876. The van der Waals surface area contributed by atoms with Gasteiger partial charge in [0.25, 0.3) is 0 Å². The molecule has 1 amide bonds. The first-order chi connectivity index (χ1) is 12.6. The second-order valence-corrected chi connectivity index (χ2v) is 8.23. The van der Waals surface area contributed by atoms with Crippen LogP contribution in [0.15, 0.2) is 6.07 Å². The van der Waals surface area contributed by atoms with E-state index in [0.717, 1.165) is 69.3 Å². The zero-order chi connectivity index (χ0) is 18.1. The molecule has 6 nitrogen and oxygen atoms in total. The van der Waals surface area contributed by atoms with Crippen LogP contribution in [0, 0.1) is 18.8 Å². The van der Waals surface area contributed by atoms with Gasteiger partial charge in [0.05, 0.1) is 5.54 Å². The highest BCUT2D eigenvalue weighted by molar-refractivity contribution is 5.77. The summed E-state index contributed by atoms with van der Waals surface area (Å²) < 4.78 is 5.41. The Bertz CT molecular complexity index is 674. The standard InChI is InChI=1S/C20H30N4O2/c1-3-17-10-14(2)21-19(22-17)23-20-7-4-16(20)12-24(13-20)18(25)11-15-5-8-26-9-6-15/h10,15-16H,3-9,11-13H2,1-2H3,(H,21,22,23). The molecule has 1 saturated carbocycles. The van der Waals surface area contributed by atoms with Crippen LogP contribution in [0.3, 0.4) is 0 Å². The summed E-state index contributed by atoms with van der Waals surface area (Å²) >= 11 is 0. The molecule has 26 heavy (non-hydrogen) atoms. The van der Waals surface area contributed by atoms with Crippen molar-refractivity contribution in [2.24, 2.45) is 11.8 Å². The van der Waals surface area contributed by atoms with Crippen molar-refractivity contribution in [1.82, 2.24) is 14.9 Å². The van der Waals surface area contributed by atoms with Gasteiger partial charge in [-0.15, -0.1) is 0 Å². The number of rotatable bonds is 5. The molecule has 2 saturated heterocycles. The number of aryl methyl sites for hydroxylation is 2. The van der Waals surface area contributed by atoms with E-state index in [1.54, 1.807) is 0 Å². The van der Waals surface area contributed by atoms with E-state index in [-0.39, 0.29) is 5.54 Å². The summed E-state index contributed by atoms with van der Waals surface area (Å²) in [5.41, 5.74) is 2.04. The van der Waals surface area contributed by atoms with Crippen molar-refractivity contribution in [3.63, 3.8) is 0 Å². The fourth-order valence-electron chi connectivity index (χ4n) is 4.66. The minimum atomic E-state index is -0.0237. The van der Waals surface area contributed by atoms with Crippen molar-refractivity contribution >= 4 is 11.9 Å². The van der Waals surface area contributed by atoms with Gasteiger partial charge in [0.15, 0.2) is 0 Å². The molecule has 0 aromatic carbocycles. The number of carbonyl (C=O) groups excluding carboxylic acids is 1. The number of carbonyl (C=O) groups is 1. The lowest BCUT2D eigenvalue weighted by molar-refractivity contribution is -0.132. The zero-order valence-corrected chi connectivity index (χ0v) is 16.0. The molecule has 0 bridgehead atoms. The maximum absolute atomic E-state index is 12.8. The molecule has 3 heterocycles. The maximum atomic E-state index is 12.8. The van der Waals surface area contributed by atoms with Crippen LogP contribution in [0.5, 0.6) is 0 Å². The fourth-order valence-corrected chi connectivity index (χ4v) is 4.66. The first-order valence-electron chi connectivity index (χ1n) is 10.1. The third-order valence-electron chi connectivity index (χ3n) is 6.42. The van der Waals surface area contributed by atoms with Crippen LogP contribution in [0.4, 0.5) is 5.95 Å². The van der Waals surface area contributed by atoms with Gasteiger partial charge < -0.3 is 15.0 Å². The molecule has 2 atom stereocenters. The Morgan fingerprint density at radius 1 is 1.35 bits per heavy atom. The van der Waals surface area contributed by atoms with Gasteiger partial charge in [0.1, 0.15) is 0 Å². The van der Waals surface area contributed by atoms with Crippen molar-refractivity contribution in [3.05, 3.63) is 17.5 Å². The third kappa shape index (κ3) is 3.43. The van der Waals surface area contributed by atoms with Crippen LogP contribution < -0.4 is 5.32 Å². The Morgan fingerprint density at radius 2 is 2.15 bits per heavy atom. The molecule has 142 valence electrons. The van der Waals surface area contributed by atoms with Gasteiger partial charge in [-0.2, -0.15) is 0 Å². The Kier molecular flexibility index (Phi) is 4.86. The normalized spacial score (nSPS) is 28.5. The predicted molar refractivity (Wildman–Crippen MR) is 100.0 cm³/mol. The third-order valence-corrected chi connectivity index (χ3v) is 6.42. The average Bonchev–Trinajstić information content (AvgIpc) is 2.87. The number of anilines is 1. The highest BCUT2D eigenvalue weighted by atomic mass is 16.5. The summed E-state index contributed by atoms with van der Waals surface area (Å²) in [6.45, 7) is 7.40. The number of likely N-dealkylation sites (tertiary alicyclic amines) is 1. The molecule has 2 aliphatic heterocycles. The summed E-state index contributed by atoms with van der Waals surface area (Å²) in [5, 5.41) is 3.62. The van der Waals surface area contributed by atoms with Crippen molar-refractivity contribution < 1.29 is 9.53 Å².